The number of rotatable bonds is 7. The smallest absolute Gasteiger partial charge is 0.147 e. The highest BCUT2D eigenvalue weighted by Crippen LogP contribution is 2.23. The van der Waals surface area contributed by atoms with E-state index in [1.165, 1.54) is 0 Å². The van der Waals surface area contributed by atoms with Crippen molar-refractivity contribution in [1.29, 1.82) is 0 Å². The molecule has 5 heteroatoms. The molecule has 0 aromatic carbocycles. The van der Waals surface area contributed by atoms with Crippen molar-refractivity contribution in [3.8, 4) is 0 Å². The molecule has 0 amide bonds. The lowest BCUT2D eigenvalue weighted by atomic mass is 10.2. The number of halogens is 1. The Bertz CT molecular complexity index is 347. The first-order valence-corrected chi connectivity index (χ1v) is 6.14. The largest absolute Gasteiger partial charge is 0.396 e. The number of hydrogen-bond acceptors (Lipinski definition) is 4. The average molecular weight is 259 g/mol. The number of aromatic nitrogens is 1. The number of nitrogens with zero attached hydrogens (tertiary/aromatic N) is 2. The first-order chi connectivity index (χ1) is 8.19. The molecule has 0 saturated heterocycles. The highest BCUT2D eigenvalue weighted by atomic mass is 35.5. The minimum absolute atomic E-state index is 0.0484. The van der Waals surface area contributed by atoms with Crippen LogP contribution < -0.4 is 4.90 Å². The van der Waals surface area contributed by atoms with Crippen LogP contribution in [0.3, 0.4) is 0 Å². The minimum Gasteiger partial charge on any atom is -0.396 e. The van der Waals surface area contributed by atoms with Gasteiger partial charge in [-0.15, -0.1) is 0 Å². The topological polar surface area (TPSA) is 56.6 Å². The molecular weight excluding hydrogens is 240 g/mol. The minimum atomic E-state index is -0.0484. The summed E-state index contributed by atoms with van der Waals surface area (Å²) in [6.07, 6.45) is 4.45. The van der Waals surface area contributed by atoms with Crippen LogP contribution in [-0.4, -0.2) is 35.4 Å². The molecular formula is C12H19ClN2O2. The molecule has 1 heterocycles. The molecule has 96 valence electrons. The predicted octanol–water partition coefficient (Wildman–Crippen LogP) is 1.83. The Morgan fingerprint density at radius 1 is 1.29 bits per heavy atom. The first kappa shape index (κ1) is 14.2. The van der Waals surface area contributed by atoms with Gasteiger partial charge < -0.3 is 15.1 Å². The highest BCUT2D eigenvalue weighted by molar-refractivity contribution is 6.33. The number of aliphatic hydroxyl groups excluding tert-OH is 2. The molecule has 0 radical (unpaired) electrons. The summed E-state index contributed by atoms with van der Waals surface area (Å²) in [7, 11) is 1.94. The Hall–Kier alpha value is -0.840. The Morgan fingerprint density at radius 2 is 2.06 bits per heavy atom. The summed E-state index contributed by atoms with van der Waals surface area (Å²) in [4.78, 5) is 6.22. The van der Waals surface area contributed by atoms with Crippen LogP contribution in [0.1, 0.15) is 24.8 Å². The van der Waals surface area contributed by atoms with Crippen LogP contribution in [0.4, 0.5) is 5.82 Å². The Labute approximate surface area is 107 Å². The third-order valence-electron chi connectivity index (χ3n) is 2.57. The molecule has 0 saturated carbocycles. The standard InChI is InChI=1S/C12H19ClN2O2/c1-15(5-3-2-4-6-16)12-11(13)7-10(9-17)8-14-12/h7-8,16-17H,2-6,9H2,1H3. The van der Waals surface area contributed by atoms with Crippen molar-refractivity contribution in [3.63, 3.8) is 0 Å². The molecule has 0 unspecified atom stereocenters. The molecule has 1 aromatic rings. The monoisotopic (exact) mass is 258 g/mol. The predicted molar refractivity (Wildman–Crippen MR) is 69.4 cm³/mol. The third-order valence-corrected chi connectivity index (χ3v) is 2.85. The SMILES string of the molecule is CN(CCCCCO)c1ncc(CO)cc1Cl. The van der Waals surface area contributed by atoms with Gasteiger partial charge in [0.2, 0.25) is 0 Å². The summed E-state index contributed by atoms with van der Waals surface area (Å²) in [6, 6.07) is 1.73. The second-order valence-corrected chi connectivity index (χ2v) is 4.42. The van der Waals surface area contributed by atoms with E-state index >= 15 is 0 Å². The Balaban J connectivity index is 2.53. The van der Waals surface area contributed by atoms with Gasteiger partial charge in [0, 0.05) is 26.4 Å². The quantitative estimate of drug-likeness (QED) is 0.733. The van der Waals surface area contributed by atoms with Gasteiger partial charge in [-0.05, 0) is 30.9 Å². The molecule has 4 nitrogen and oxygen atoms in total. The average Bonchev–Trinajstić information content (AvgIpc) is 2.34. The maximum Gasteiger partial charge on any atom is 0.147 e. The first-order valence-electron chi connectivity index (χ1n) is 5.76. The lowest BCUT2D eigenvalue weighted by molar-refractivity contribution is 0.281. The van der Waals surface area contributed by atoms with E-state index in [9.17, 15) is 0 Å². The van der Waals surface area contributed by atoms with Crippen molar-refractivity contribution in [3.05, 3.63) is 22.8 Å². The molecule has 1 aromatic heterocycles. The van der Waals surface area contributed by atoms with Crippen LogP contribution in [0.15, 0.2) is 12.3 Å². The number of hydrogen-bond donors (Lipinski definition) is 2. The Kier molecular flexibility index (Phi) is 6.26. The number of anilines is 1. The maximum atomic E-state index is 8.96. The fourth-order valence-electron chi connectivity index (χ4n) is 1.58. The van der Waals surface area contributed by atoms with E-state index in [1.807, 2.05) is 11.9 Å². The molecule has 0 fully saturated rings. The second-order valence-electron chi connectivity index (χ2n) is 4.01. The second kappa shape index (κ2) is 7.48. The molecule has 0 bridgehead atoms. The lowest BCUT2D eigenvalue weighted by Gasteiger charge is -2.19. The van der Waals surface area contributed by atoms with Crippen LogP contribution in [0.25, 0.3) is 0 Å². The van der Waals surface area contributed by atoms with E-state index in [1.54, 1.807) is 12.3 Å². The van der Waals surface area contributed by atoms with E-state index < -0.39 is 0 Å². The summed E-state index contributed by atoms with van der Waals surface area (Å²) in [5, 5.41) is 18.2. The van der Waals surface area contributed by atoms with Crippen LogP contribution in [0, 0.1) is 0 Å². The molecule has 0 atom stereocenters. The number of unbranched alkanes of at least 4 members (excludes halogenated alkanes) is 2. The molecule has 0 spiro atoms. The van der Waals surface area contributed by atoms with Gasteiger partial charge in [0.05, 0.1) is 11.6 Å². The van der Waals surface area contributed by atoms with Crippen molar-refractivity contribution in [2.24, 2.45) is 0 Å². The zero-order chi connectivity index (χ0) is 12.7. The fraction of sp³-hybridized carbons (Fsp3) is 0.583. The number of aliphatic hydroxyl groups is 2. The van der Waals surface area contributed by atoms with Gasteiger partial charge in [0.25, 0.3) is 0 Å². The van der Waals surface area contributed by atoms with Crippen LogP contribution in [0.2, 0.25) is 5.02 Å². The van der Waals surface area contributed by atoms with Gasteiger partial charge >= 0.3 is 0 Å². The van der Waals surface area contributed by atoms with Crippen molar-refractivity contribution < 1.29 is 10.2 Å². The van der Waals surface area contributed by atoms with Gasteiger partial charge in [-0.1, -0.05) is 11.6 Å². The molecule has 0 aliphatic carbocycles. The summed E-state index contributed by atoms with van der Waals surface area (Å²) >= 11 is 6.09. The van der Waals surface area contributed by atoms with Gasteiger partial charge in [-0.3, -0.25) is 0 Å². The fourth-order valence-corrected chi connectivity index (χ4v) is 1.91. The molecule has 2 N–H and O–H groups in total. The Morgan fingerprint density at radius 3 is 2.65 bits per heavy atom. The molecule has 1 rings (SSSR count). The molecule has 0 aliphatic rings. The van der Waals surface area contributed by atoms with Crippen molar-refractivity contribution in [1.82, 2.24) is 4.98 Å². The van der Waals surface area contributed by atoms with Gasteiger partial charge in [-0.25, -0.2) is 4.98 Å². The van der Waals surface area contributed by atoms with Crippen molar-refractivity contribution >= 4 is 17.4 Å². The van der Waals surface area contributed by atoms with Crippen molar-refractivity contribution in [2.75, 3.05) is 25.1 Å². The summed E-state index contributed by atoms with van der Waals surface area (Å²) < 4.78 is 0. The highest BCUT2D eigenvalue weighted by Gasteiger charge is 2.08. The summed E-state index contributed by atoms with van der Waals surface area (Å²) in [6.45, 7) is 1.05. The molecule has 0 aliphatic heterocycles. The van der Waals surface area contributed by atoms with E-state index in [4.69, 9.17) is 21.8 Å². The van der Waals surface area contributed by atoms with Crippen LogP contribution in [-0.2, 0) is 6.61 Å². The van der Waals surface area contributed by atoms with Crippen molar-refractivity contribution in [2.45, 2.75) is 25.9 Å². The summed E-state index contributed by atoms with van der Waals surface area (Å²) in [5.74, 6) is 0.730. The van der Waals surface area contributed by atoms with Crippen LogP contribution in [0.5, 0.6) is 0 Å². The zero-order valence-electron chi connectivity index (χ0n) is 10.1. The van der Waals surface area contributed by atoms with Gasteiger partial charge in [-0.2, -0.15) is 0 Å². The summed E-state index contributed by atoms with van der Waals surface area (Å²) in [5.41, 5.74) is 0.715. The van der Waals surface area contributed by atoms with E-state index in [2.05, 4.69) is 4.98 Å². The molecule has 17 heavy (non-hydrogen) atoms. The normalized spacial score (nSPS) is 10.6. The number of pyridine rings is 1. The third kappa shape index (κ3) is 4.50. The van der Waals surface area contributed by atoms with Crippen LogP contribution >= 0.6 is 11.6 Å². The zero-order valence-corrected chi connectivity index (χ0v) is 10.8. The van der Waals surface area contributed by atoms with E-state index in [-0.39, 0.29) is 13.2 Å². The van der Waals surface area contributed by atoms with Gasteiger partial charge in [0.1, 0.15) is 5.82 Å². The van der Waals surface area contributed by atoms with E-state index in [0.29, 0.717) is 10.6 Å². The van der Waals surface area contributed by atoms with Gasteiger partial charge in [0.15, 0.2) is 0 Å². The lowest BCUT2D eigenvalue weighted by Crippen LogP contribution is -2.20. The van der Waals surface area contributed by atoms with E-state index in [0.717, 1.165) is 31.6 Å². The maximum absolute atomic E-state index is 8.96.